The summed E-state index contributed by atoms with van der Waals surface area (Å²) in [5.41, 5.74) is 3.72. The molecule has 0 spiro atoms. The molecular formula is C27H29N3O2. The van der Waals surface area contributed by atoms with E-state index in [4.69, 9.17) is 10.2 Å². The number of para-hydroxylation sites is 1. The molecule has 0 aliphatic carbocycles. The van der Waals surface area contributed by atoms with Crippen molar-refractivity contribution in [3.63, 3.8) is 0 Å². The van der Waals surface area contributed by atoms with Crippen molar-refractivity contribution >= 4 is 17.3 Å². The molecule has 0 saturated heterocycles. The van der Waals surface area contributed by atoms with Gasteiger partial charge in [-0.25, -0.2) is 0 Å². The van der Waals surface area contributed by atoms with Gasteiger partial charge in [0.2, 0.25) is 5.91 Å². The molecular weight excluding hydrogens is 398 g/mol. The summed E-state index contributed by atoms with van der Waals surface area (Å²) in [6.45, 7) is 0.772. The van der Waals surface area contributed by atoms with Crippen molar-refractivity contribution < 1.29 is 9.90 Å². The van der Waals surface area contributed by atoms with Crippen LogP contribution >= 0.6 is 0 Å². The molecule has 0 fully saturated rings. The molecule has 4 rings (SSSR count). The van der Waals surface area contributed by atoms with Crippen molar-refractivity contribution in [2.45, 2.75) is 25.3 Å². The summed E-state index contributed by atoms with van der Waals surface area (Å²) in [6, 6.07) is 29.8. The van der Waals surface area contributed by atoms with Crippen LogP contribution in [-0.4, -0.2) is 29.9 Å². The number of unbranched alkanes of at least 4 members (excludes halogenated alkanes) is 2. The molecule has 3 aromatic rings. The monoisotopic (exact) mass is 427 g/mol. The van der Waals surface area contributed by atoms with E-state index >= 15 is 0 Å². The quantitative estimate of drug-likeness (QED) is 0.493. The standard InChI is InChI=1S/C27H29N3O2/c31-20-12-4-11-19-28-27(32)24-25(21-13-5-1-6-14-21)29-30(23-17-9-3-10-18-23)26(24)22-15-7-2-8-16-22/h1-3,5-10,13-18,24,26,31H,4,11-12,19-20H2,(H,28,32). The van der Waals surface area contributed by atoms with Crippen molar-refractivity contribution in [3.05, 3.63) is 102 Å². The van der Waals surface area contributed by atoms with Crippen molar-refractivity contribution in [3.8, 4) is 0 Å². The molecule has 3 aromatic carbocycles. The Balaban J connectivity index is 1.71. The summed E-state index contributed by atoms with van der Waals surface area (Å²) >= 11 is 0. The molecule has 164 valence electrons. The zero-order chi connectivity index (χ0) is 22.2. The van der Waals surface area contributed by atoms with Crippen molar-refractivity contribution in [1.29, 1.82) is 0 Å². The van der Waals surface area contributed by atoms with E-state index in [-0.39, 0.29) is 18.6 Å². The number of rotatable bonds is 9. The first-order valence-electron chi connectivity index (χ1n) is 11.2. The van der Waals surface area contributed by atoms with Gasteiger partial charge in [0.05, 0.1) is 17.4 Å². The minimum Gasteiger partial charge on any atom is -0.396 e. The number of carbonyl (C=O) groups excluding carboxylic acids is 1. The average Bonchev–Trinajstić information content (AvgIpc) is 3.26. The first kappa shape index (κ1) is 21.8. The van der Waals surface area contributed by atoms with Gasteiger partial charge in [-0.15, -0.1) is 0 Å². The second-order valence-corrected chi connectivity index (χ2v) is 7.94. The summed E-state index contributed by atoms with van der Waals surface area (Å²) in [7, 11) is 0. The largest absolute Gasteiger partial charge is 0.396 e. The first-order valence-corrected chi connectivity index (χ1v) is 11.2. The zero-order valence-electron chi connectivity index (χ0n) is 18.1. The summed E-state index contributed by atoms with van der Waals surface area (Å²) in [6.07, 6.45) is 2.49. The third-order valence-electron chi connectivity index (χ3n) is 5.74. The maximum Gasteiger partial charge on any atom is 0.231 e. The number of hydrazone groups is 1. The van der Waals surface area contributed by atoms with E-state index in [1.165, 1.54) is 0 Å². The lowest BCUT2D eigenvalue weighted by Crippen LogP contribution is -2.39. The van der Waals surface area contributed by atoms with Crippen molar-refractivity contribution in [2.75, 3.05) is 18.2 Å². The van der Waals surface area contributed by atoms with E-state index in [1.807, 2.05) is 83.9 Å². The molecule has 1 heterocycles. The zero-order valence-corrected chi connectivity index (χ0v) is 18.1. The summed E-state index contributed by atoms with van der Waals surface area (Å²) < 4.78 is 0. The molecule has 2 N–H and O–H groups in total. The second-order valence-electron chi connectivity index (χ2n) is 7.94. The smallest absolute Gasteiger partial charge is 0.231 e. The highest BCUT2D eigenvalue weighted by Gasteiger charge is 2.43. The predicted molar refractivity (Wildman–Crippen MR) is 129 cm³/mol. The number of hydrogen-bond acceptors (Lipinski definition) is 4. The average molecular weight is 428 g/mol. The fraction of sp³-hybridized carbons (Fsp3) is 0.259. The molecule has 0 bridgehead atoms. The highest BCUT2D eigenvalue weighted by atomic mass is 16.2. The maximum absolute atomic E-state index is 13.6. The van der Waals surface area contributed by atoms with Gasteiger partial charge in [0, 0.05) is 13.2 Å². The van der Waals surface area contributed by atoms with Crippen LogP contribution in [0.5, 0.6) is 0 Å². The van der Waals surface area contributed by atoms with Crippen molar-refractivity contribution in [1.82, 2.24) is 5.32 Å². The van der Waals surface area contributed by atoms with Gasteiger partial charge in [-0.1, -0.05) is 78.9 Å². The van der Waals surface area contributed by atoms with E-state index < -0.39 is 5.92 Å². The second kappa shape index (κ2) is 10.7. The van der Waals surface area contributed by atoms with Crippen LogP contribution < -0.4 is 10.3 Å². The van der Waals surface area contributed by atoms with Gasteiger partial charge in [0.25, 0.3) is 0 Å². The topological polar surface area (TPSA) is 64.9 Å². The number of nitrogens with zero attached hydrogens (tertiary/aromatic N) is 2. The molecule has 0 radical (unpaired) electrons. The number of anilines is 1. The van der Waals surface area contributed by atoms with Crippen LogP contribution in [0.4, 0.5) is 5.69 Å². The molecule has 2 unspecified atom stereocenters. The maximum atomic E-state index is 13.6. The van der Waals surface area contributed by atoms with Crippen LogP contribution in [0.15, 0.2) is 96.1 Å². The Morgan fingerprint density at radius 1 is 0.844 bits per heavy atom. The van der Waals surface area contributed by atoms with Crippen LogP contribution in [0.3, 0.4) is 0 Å². The van der Waals surface area contributed by atoms with Gasteiger partial charge < -0.3 is 10.4 Å². The normalized spacial score (nSPS) is 17.8. The van der Waals surface area contributed by atoms with Gasteiger partial charge in [-0.3, -0.25) is 9.80 Å². The highest BCUT2D eigenvalue weighted by molar-refractivity contribution is 6.15. The fourth-order valence-electron chi connectivity index (χ4n) is 4.16. The third kappa shape index (κ3) is 4.89. The lowest BCUT2D eigenvalue weighted by atomic mass is 9.86. The van der Waals surface area contributed by atoms with Crippen LogP contribution in [0.1, 0.15) is 36.4 Å². The number of carbonyl (C=O) groups is 1. The summed E-state index contributed by atoms with van der Waals surface area (Å²) in [5, 5.41) is 19.1. The number of amides is 1. The van der Waals surface area contributed by atoms with Crippen LogP contribution in [0, 0.1) is 5.92 Å². The lowest BCUT2D eigenvalue weighted by Gasteiger charge is -2.28. The molecule has 0 saturated carbocycles. The SMILES string of the molecule is O=C(NCCCCCO)C1C(c2ccccc2)=NN(c2ccccc2)C1c1ccccc1. The van der Waals surface area contributed by atoms with Crippen LogP contribution in [0.25, 0.3) is 0 Å². The predicted octanol–water partition coefficient (Wildman–Crippen LogP) is 4.55. The Labute approximate surface area is 189 Å². The van der Waals surface area contributed by atoms with E-state index in [1.54, 1.807) is 0 Å². The Morgan fingerprint density at radius 3 is 2.12 bits per heavy atom. The van der Waals surface area contributed by atoms with Gasteiger partial charge in [0.15, 0.2) is 0 Å². The molecule has 2 atom stereocenters. The first-order chi connectivity index (χ1) is 15.8. The summed E-state index contributed by atoms with van der Waals surface area (Å²) in [4.78, 5) is 13.6. The summed E-state index contributed by atoms with van der Waals surface area (Å²) in [5.74, 6) is -0.471. The van der Waals surface area contributed by atoms with E-state index in [9.17, 15) is 4.79 Å². The number of hydrogen-bond donors (Lipinski definition) is 2. The Hall–Kier alpha value is -3.44. The molecule has 1 amide bonds. The van der Waals surface area contributed by atoms with E-state index in [2.05, 4.69) is 17.4 Å². The fourth-order valence-corrected chi connectivity index (χ4v) is 4.16. The minimum atomic E-state index is -0.446. The van der Waals surface area contributed by atoms with Gasteiger partial charge >= 0.3 is 0 Å². The lowest BCUT2D eigenvalue weighted by molar-refractivity contribution is -0.123. The van der Waals surface area contributed by atoms with E-state index in [0.29, 0.717) is 6.54 Å². The Bertz CT molecular complexity index is 1020. The van der Waals surface area contributed by atoms with Gasteiger partial charge in [-0.2, -0.15) is 5.10 Å². The molecule has 5 heteroatoms. The number of aliphatic hydroxyl groups is 1. The van der Waals surface area contributed by atoms with Crippen molar-refractivity contribution in [2.24, 2.45) is 11.0 Å². The van der Waals surface area contributed by atoms with Crippen LogP contribution in [0.2, 0.25) is 0 Å². The highest BCUT2D eigenvalue weighted by Crippen LogP contribution is 2.40. The number of benzene rings is 3. The number of aliphatic hydroxyl groups excluding tert-OH is 1. The molecule has 32 heavy (non-hydrogen) atoms. The molecule has 1 aliphatic heterocycles. The molecule has 5 nitrogen and oxygen atoms in total. The minimum absolute atomic E-state index is 0.0242. The molecule has 1 aliphatic rings. The Kier molecular flexibility index (Phi) is 7.31. The van der Waals surface area contributed by atoms with Gasteiger partial charge in [0.1, 0.15) is 5.92 Å². The number of nitrogens with one attached hydrogen (secondary N) is 1. The molecule has 0 aromatic heterocycles. The third-order valence-corrected chi connectivity index (χ3v) is 5.74. The van der Waals surface area contributed by atoms with Gasteiger partial charge in [-0.05, 0) is 42.5 Å². The van der Waals surface area contributed by atoms with Crippen LogP contribution in [-0.2, 0) is 4.79 Å². The Morgan fingerprint density at radius 2 is 1.47 bits per heavy atom. The van der Waals surface area contributed by atoms with E-state index in [0.717, 1.165) is 41.8 Å².